The Labute approximate surface area is 130 Å². The Balaban J connectivity index is 2.31. The number of hydrogen-bond donors (Lipinski definition) is 2. The third-order valence-electron chi connectivity index (χ3n) is 3.86. The number of aliphatic hydroxyl groups is 2. The molecule has 2 rings (SSSR count). The molecule has 0 unspecified atom stereocenters. The number of fused-ring (bicyclic) bond motifs is 1. The largest absolute Gasteiger partial charge is 0.395 e. The summed E-state index contributed by atoms with van der Waals surface area (Å²) in [5.41, 5.74) is 1.86. The fraction of sp³-hybridized carbons (Fsp3) is 0.562. The second kappa shape index (κ2) is 7.58. The minimum Gasteiger partial charge on any atom is -0.395 e. The van der Waals surface area contributed by atoms with Gasteiger partial charge in [-0.2, -0.15) is 0 Å². The van der Waals surface area contributed by atoms with Gasteiger partial charge >= 0.3 is 5.69 Å². The molecule has 0 radical (unpaired) electrons. The molecule has 2 N–H and O–H groups in total. The maximum atomic E-state index is 12.7. The van der Waals surface area contributed by atoms with Crippen molar-refractivity contribution in [2.75, 3.05) is 32.8 Å². The first kappa shape index (κ1) is 16.7. The van der Waals surface area contributed by atoms with Crippen LogP contribution in [0.15, 0.2) is 29.1 Å². The zero-order valence-corrected chi connectivity index (χ0v) is 13.3. The summed E-state index contributed by atoms with van der Waals surface area (Å²) in [5, 5.41) is 18.1. The van der Waals surface area contributed by atoms with E-state index in [1.165, 1.54) is 0 Å². The van der Waals surface area contributed by atoms with Crippen molar-refractivity contribution in [2.24, 2.45) is 0 Å². The molecule has 0 fully saturated rings. The molecular formula is C16H25N3O3. The van der Waals surface area contributed by atoms with Crippen LogP contribution in [-0.2, 0) is 6.54 Å². The molecule has 6 nitrogen and oxygen atoms in total. The van der Waals surface area contributed by atoms with Gasteiger partial charge in [-0.05, 0) is 26.0 Å². The quantitative estimate of drug-likeness (QED) is 0.752. The topological polar surface area (TPSA) is 70.6 Å². The lowest BCUT2D eigenvalue weighted by Gasteiger charge is -2.20. The number of aliphatic hydroxyl groups excluding tert-OH is 2. The third kappa shape index (κ3) is 3.40. The molecule has 0 aliphatic heterocycles. The van der Waals surface area contributed by atoms with Crippen LogP contribution in [0.3, 0.4) is 0 Å². The first-order chi connectivity index (χ1) is 10.6. The molecule has 0 amide bonds. The zero-order chi connectivity index (χ0) is 16.1. The molecule has 0 atom stereocenters. The lowest BCUT2D eigenvalue weighted by atomic mass is 10.3. The molecule has 6 heteroatoms. The molecular weight excluding hydrogens is 282 g/mol. The predicted octanol–water partition coefficient (Wildman–Crippen LogP) is 0.671. The Morgan fingerprint density at radius 1 is 1.05 bits per heavy atom. The van der Waals surface area contributed by atoms with Gasteiger partial charge in [-0.15, -0.1) is 0 Å². The Hall–Kier alpha value is -1.63. The standard InChI is InChI=1S/C16H25N3O3/c1-13(2)19-15-6-4-3-5-14(15)18(16(19)22)8-7-17(9-11-20)10-12-21/h3-6,13,20-21H,7-12H2,1-2H3. The Morgan fingerprint density at radius 2 is 1.64 bits per heavy atom. The van der Waals surface area contributed by atoms with Crippen molar-refractivity contribution in [1.82, 2.24) is 14.0 Å². The number of benzene rings is 1. The van der Waals surface area contributed by atoms with E-state index < -0.39 is 0 Å². The van der Waals surface area contributed by atoms with Crippen LogP contribution in [0.2, 0.25) is 0 Å². The highest BCUT2D eigenvalue weighted by molar-refractivity contribution is 5.76. The summed E-state index contributed by atoms with van der Waals surface area (Å²) in [7, 11) is 0. The smallest absolute Gasteiger partial charge is 0.329 e. The van der Waals surface area contributed by atoms with E-state index in [4.69, 9.17) is 10.2 Å². The summed E-state index contributed by atoms with van der Waals surface area (Å²) in [4.78, 5) is 14.6. The SMILES string of the molecule is CC(C)n1c(=O)n(CCN(CCO)CCO)c2ccccc21. The molecule has 122 valence electrons. The molecule has 1 aromatic heterocycles. The van der Waals surface area contributed by atoms with Gasteiger partial charge in [0.25, 0.3) is 0 Å². The van der Waals surface area contributed by atoms with Crippen LogP contribution in [-0.4, -0.2) is 57.1 Å². The number of imidazole rings is 1. The second-order valence-corrected chi connectivity index (χ2v) is 5.68. The number of rotatable bonds is 8. The van der Waals surface area contributed by atoms with E-state index in [9.17, 15) is 4.79 Å². The lowest BCUT2D eigenvalue weighted by molar-refractivity contribution is 0.157. The predicted molar refractivity (Wildman–Crippen MR) is 87.2 cm³/mol. The van der Waals surface area contributed by atoms with E-state index in [0.717, 1.165) is 11.0 Å². The van der Waals surface area contributed by atoms with E-state index >= 15 is 0 Å². The fourth-order valence-corrected chi connectivity index (χ4v) is 2.81. The van der Waals surface area contributed by atoms with Gasteiger partial charge in [-0.25, -0.2) is 4.79 Å². The minimum atomic E-state index is -0.0100. The van der Waals surface area contributed by atoms with E-state index in [1.54, 1.807) is 9.13 Å². The van der Waals surface area contributed by atoms with Crippen LogP contribution in [0.1, 0.15) is 19.9 Å². The van der Waals surface area contributed by atoms with Gasteiger partial charge in [0.05, 0.1) is 24.2 Å². The molecule has 1 heterocycles. The molecule has 0 spiro atoms. The number of hydrogen-bond acceptors (Lipinski definition) is 4. The third-order valence-corrected chi connectivity index (χ3v) is 3.86. The highest BCUT2D eigenvalue weighted by atomic mass is 16.3. The summed E-state index contributed by atoms with van der Waals surface area (Å²) in [6.45, 7) is 6.25. The van der Waals surface area contributed by atoms with Crippen LogP contribution in [0.4, 0.5) is 0 Å². The van der Waals surface area contributed by atoms with Gasteiger partial charge in [-0.3, -0.25) is 14.0 Å². The summed E-state index contributed by atoms with van der Waals surface area (Å²) in [6.07, 6.45) is 0. The van der Waals surface area contributed by atoms with Crippen LogP contribution in [0, 0.1) is 0 Å². The Morgan fingerprint density at radius 3 is 2.18 bits per heavy atom. The van der Waals surface area contributed by atoms with Gasteiger partial charge < -0.3 is 10.2 Å². The molecule has 0 aliphatic rings. The van der Waals surface area contributed by atoms with Crippen molar-refractivity contribution >= 4 is 11.0 Å². The van der Waals surface area contributed by atoms with E-state index in [2.05, 4.69) is 0 Å². The molecule has 2 aromatic rings. The van der Waals surface area contributed by atoms with Gasteiger partial charge in [0.2, 0.25) is 0 Å². The molecule has 22 heavy (non-hydrogen) atoms. The van der Waals surface area contributed by atoms with E-state index in [-0.39, 0.29) is 24.9 Å². The van der Waals surface area contributed by atoms with Crippen LogP contribution in [0.5, 0.6) is 0 Å². The van der Waals surface area contributed by atoms with Crippen molar-refractivity contribution in [3.8, 4) is 0 Å². The second-order valence-electron chi connectivity index (χ2n) is 5.68. The summed E-state index contributed by atoms with van der Waals surface area (Å²) >= 11 is 0. The van der Waals surface area contributed by atoms with Crippen molar-refractivity contribution in [2.45, 2.75) is 26.4 Å². The summed E-state index contributed by atoms with van der Waals surface area (Å²) < 4.78 is 3.58. The number of nitrogens with zero attached hydrogens (tertiary/aromatic N) is 3. The molecule has 1 aromatic carbocycles. The molecule has 0 aliphatic carbocycles. The van der Waals surface area contributed by atoms with Gasteiger partial charge in [0.1, 0.15) is 0 Å². The first-order valence-electron chi connectivity index (χ1n) is 7.74. The maximum Gasteiger partial charge on any atom is 0.329 e. The van der Waals surface area contributed by atoms with Crippen molar-refractivity contribution < 1.29 is 10.2 Å². The molecule has 0 saturated carbocycles. The van der Waals surface area contributed by atoms with Gasteiger partial charge in [0.15, 0.2) is 0 Å². The van der Waals surface area contributed by atoms with Crippen LogP contribution in [0.25, 0.3) is 11.0 Å². The zero-order valence-electron chi connectivity index (χ0n) is 13.3. The maximum absolute atomic E-state index is 12.7. The summed E-state index contributed by atoms with van der Waals surface area (Å²) in [5.74, 6) is 0. The fourth-order valence-electron chi connectivity index (χ4n) is 2.81. The lowest BCUT2D eigenvalue weighted by Crippen LogP contribution is -2.35. The normalized spacial score (nSPS) is 11.9. The van der Waals surface area contributed by atoms with Crippen molar-refractivity contribution in [3.05, 3.63) is 34.7 Å². The van der Waals surface area contributed by atoms with Crippen LogP contribution >= 0.6 is 0 Å². The highest BCUT2D eigenvalue weighted by Gasteiger charge is 2.15. The summed E-state index contributed by atoms with van der Waals surface area (Å²) in [6, 6.07) is 7.89. The van der Waals surface area contributed by atoms with E-state index in [0.29, 0.717) is 26.2 Å². The first-order valence-corrected chi connectivity index (χ1v) is 7.74. The molecule has 0 saturated heterocycles. The van der Waals surface area contributed by atoms with E-state index in [1.807, 2.05) is 43.0 Å². The number of para-hydroxylation sites is 2. The Kier molecular flexibility index (Phi) is 5.76. The average molecular weight is 307 g/mol. The van der Waals surface area contributed by atoms with Gasteiger partial charge in [0, 0.05) is 32.2 Å². The number of aromatic nitrogens is 2. The molecule has 0 bridgehead atoms. The van der Waals surface area contributed by atoms with Crippen molar-refractivity contribution in [1.29, 1.82) is 0 Å². The Bertz CT molecular complexity index is 654. The minimum absolute atomic E-state index is 0.0100. The monoisotopic (exact) mass is 307 g/mol. The van der Waals surface area contributed by atoms with Crippen LogP contribution < -0.4 is 5.69 Å². The highest BCUT2D eigenvalue weighted by Crippen LogP contribution is 2.16. The van der Waals surface area contributed by atoms with Gasteiger partial charge in [-0.1, -0.05) is 12.1 Å². The van der Waals surface area contributed by atoms with Crippen molar-refractivity contribution in [3.63, 3.8) is 0 Å². The average Bonchev–Trinajstić information content (AvgIpc) is 2.77.